The minimum Gasteiger partial charge on any atom is -0.288 e. The van der Waals surface area contributed by atoms with E-state index in [9.17, 15) is 9.59 Å². The fourth-order valence-corrected chi connectivity index (χ4v) is 5.31. The highest BCUT2D eigenvalue weighted by Crippen LogP contribution is 2.52. The van der Waals surface area contributed by atoms with Gasteiger partial charge in [-0.1, -0.05) is 58.9 Å². The average Bonchev–Trinajstić information content (AvgIpc) is 3.01. The van der Waals surface area contributed by atoms with Crippen LogP contribution >= 0.6 is 46.7 Å². The number of Topliss-reactive ketones (excluding diaryl/α,β-unsaturated/α-hetero) is 2. The molecule has 0 saturated carbocycles. The van der Waals surface area contributed by atoms with Crippen LogP contribution < -0.4 is 0 Å². The van der Waals surface area contributed by atoms with Crippen LogP contribution in [0.3, 0.4) is 0 Å². The number of thioether (sulfide) groups is 2. The van der Waals surface area contributed by atoms with E-state index in [4.69, 9.17) is 23.2 Å². The Morgan fingerprint density at radius 2 is 1.09 bits per heavy atom. The molecule has 0 fully saturated rings. The number of hydrogen-bond donors (Lipinski definition) is 0. The molecule has 0 N–H and O–H groups in total. The molecule has 0 atom stereocenters. The highest BCUT2D eigenvalue weighted by atomic mass is 35.5. The quantitative estimate of drug-likeness (QED) is 0.579. The summed E-state index contributed by atoms with van der Waals surface area (Å²) in [5, 5.41) is 1.05. The second-order valence-electron chi connectivity index (χ2n) is 4.75. The van der Waals surface area contributed by atoms with Crippen LogP contribution in [0, 0.1) is 0 Å². The van der Waals surface area contributed by atoms with E-state index in [1.54, 1.807) is 36.4 Å². The smallest absolute Gasteiger partial charge is 0.202 e. The van der Waals surface area contributed by atoms with Crippen molar-refractivity contribution in [2.75, 3.05) is 0 Å². The van der Waals surface area contributed by atoms with Gasteiger partial charge in [-0.25, -0.2) is 0 Å². The molecule has 0 radical (unpaired) electrons. The van der Waals surface area contributed by atoms with E-state index in [2.05, 4.69) is 0 Å². The number of hydrogen-bond acceptors (Lipinski definition) is 4. The third-order valence-corrected chi connectivity index (χ3v) is 6.91. The first kappa shape index (κ1) is 14.4. The van der Waals surface area contributed by atoms with Crippen LogP contribution in [0.1, 0.15) is 20.7 Å². The first-order valence-corrected chi connectivity index (χ1v) is 8.73. The van der Waals surface area contributed by atoms with E-state index in [0.29, 0.717) is 40.8 Å². The number of carbonyl (C=O) groups excluding carboxylic acids is 2. The number of allylic oxidation sites excluding steroid dienone is 2. The lowest BCUT2D eigenvalue weighted by Crippen LogP contribution is -2.01. The van der Waals surface area contributed by atoms with Gasteiger partial charge in [-0.2, -0.15) is 0 Å². The van der Waals surface area contributed by atoms with Gasteiger partial charge in [-0.05, 0) is 24.3 Å². The number of ketones is 2. The molecule has 2 aliphatic rings. The molecule has 0 unspecified atom stereocenters. The summed E-state index contributed by atoms with van der Waals surface area (Å²) in [6.45, 7) is 0. The molecule has 0 aliphatic carbocycles. The summed E-state index contributed by atoms with van der Waals surface area (Å²) in [5.41, 5.74) is 1.10. The zero-order chi connectivity index (χ0) is 15.4. The minimum absolute atomic E-state index is 0.151. The second kappa shape index (κ2) is 5.17. The summed E-state index contributed by atoms with van der Waals surface area (Å²) in [7, 11) is 0. The maximum absolute atomic E-state index is 12.6. The Kier molecular flexibility index (Phi) is 3.38. The number of fused-ring (bicyclic) bond motifs is 2. The van der Waals surface area contributed by atoms with E-state index < -0.39 is 0 Å². The molecule has 0 spiro atoms. The summed E-state index contributed by atoms with van der Waals surface area (Å²) in [6.07, 6.45) is 0. The van der Waals surface area contributed by atoms with Crippen LogP contribution in [-0.2, 0) is 0 Å². The predicted octanol–water partition coefficient (Wildman–Crippen LogP) is 5.48. The van der Waals surface area contributed by atoms with Crippen LogP contribution in [0.4, 0.5) is 0 Å². The zero-order valence-corrected chi connectivity index (χ0v) is 14.0. The summed E-state index contributed by atoms with van der Waals surface area (Å²) in [6, 6.07) is 10.4. The van der Waals surface area contributed by atoms with Gasteiger partial charge >= 0.3 is 0 Å². The fraction of sp³-hybridized carbons (Fsp3) is 0. The van der Waals surface area contributed by atoms with E-state index in [0.717, 1.165) is 0 Å². The molecule has 2 heterocycles. The summed E-state index contributed by atoms with van der Waals surface area (Å²) >= 11 is 14.8. The van der Waals surface area contributed by atoms with E-state index >= 15 is 0 Å². The predicted molar refractivity (Wildman–Crippen MR) is 90.3 cm³/mol. The molecule has 0 saturated heterocycles. The van der Waals surface area contributed by atoms with Crippen LogP contribution in [0.2, 0.25) is 10.0 Å². The average molecular weight is 365 g/mol. The molecule has 4 rings (SSSR count). The zero-order valence-electron chi connectivity index (χ0n) is 10.9. The molecular weight excluding hydrogens is 359 g/mol. The topological polar surface area (TPSA) is 34.1 Å². The highest BCUT2D eigenvalue weighted by Gasteiger charge is 2.37. The SMILES string of the molecule is O=C1/C(=C2/Sc3c(Cl)cccc3C2=O)Sc2c(Cl)cccc21. The van der Waals surface area contributed by atoms with Gasteiger partial charge in [0, 0.05) is 20.9 Å². The van der Waals surface area contributed by atoms with Crippen molar-refractivity contribution in [3.05, 3.63) is 67.4 Å². The van der Waals surface area contributed by atoms with E-state index in [-0.39, 0.29) is 11.6 Å². The van der Waals surface area contributed by atoms with Crippen molar-refractivity contribution in [3.63, 3.8) is 0 Å². The standard InChI is InChI=1S/C16H6Cl2O2S2/c17-9-5-1-3-7-11(19)15(21-13(7)9)16-12(20)8-4-2-6-10(18)14(8)22-16/h1-6H/b16-15-. The molecule has 2 aliphatic heterocycles. The van der Waals surface area contributed by atoms with E-state index in [1.165, 1.54) is 23.5 Å². The summed E-state index contributed by atoms with van der Waals surface area (Å²) in [5.74, 6) is -0.301. The molecule has 6 heteroatoms. The van der Waals surface area contributed by atoms with Crippen LogP contribution in [0.5, 0.6) is 0 Å². The Hall–Kier alpha value is -1.20. The van der Waals surface area contributed by atoms with Gasteiger partial charge in [0.05, 0.1) is 19.9 Å². The molecular formula is C16H6Cl2O2S2. The van der Waals surface area contributed by atoms with Gasteiger partial charge in [-0.15, -0.1) is 0 Å². The maximum Gasteiger partial charge on any atom is 0.202 e. The monoisotopic (exact) mass is 364 g/mol. The Balaban J connectivity index is 1.86. The lowest BCUT2D eigenvalue weighted by Gasteiger charge is -1.99. The van der Waals surface area contributed by atoms with Gasteiger partial charge in [0.2, 0.25) is 11.6 Å². The number of rotatable bonds is 0. The molecule has 0 bridgehead atoms. The third-order valence-electron chi connectivity index (χ3n) is 3.45. The molecule has 2 aromatic carbocycles. The Labute approximate surface area is 144 Å². The van der Waals surface area contributed by atoms with Gasteiger partial charge in [0.15, 0.2) is 0 Å². The number of benzene rings is 2. The second-order valence-corrected chi connectivity index (χ2v) is 7.61. The van der Waals surface area contributed by atoms with Crippen LogP contribution in [-0.4, -0.2) is 11.6 Å². The first-order valence-electron chi connectivity index (χ1n) is 6.34. The molecule has 0 aromatic heterocycles. The Morgan fingerprint density at radius 3 is 1.45 bits per heavy atom. The molecule has 2 aromatic rings. The van der Waals surface area contributed by atoms with Crippen molar-refractivity contribution in [1.82, 2.24) is 0 Å². The molecule has 22 heavy (non-hydrogen) atoms. The number of carbonyl (C=O) groups is 2. The van der Waals surface area contributed by atoms with Crippen LogP contribution in [0.25, 0.3) is 0 Å². The fourth-order valence-electron chi connectivity index (χ4n) is 2.42. The van der Waals surface area contributed by atoms with Crippen molar-refractivity contribution in [2.45, 2.75) is 9.79 Å². The van der Waals surface area contributed by atoms with Crippen molar-refractivity contribution in [1.29, 1.82) is 0 Å². The van der Waals surface area contributed by atoms with Crippen molar-refractivity contribution >= 4 is 58.3 Å². The highest BCUT2D eigenvalue weighted by molar-refractivity contribution is 8.08. The van der Waals surface area contributed by atoms with Gasteiger partial charge in [0.1, 0.15) is 0 Å². The van der Waals surface area contributed by atoms with Gasteiger partial charge < -0.3 is 0 Å². The molecule has 108 valence electrons. The molecule has 0 amide bonds. The summed E-state index contributed by atoms with van der Waals surface area (Å²) < 4.78 is 0. The Morgan fingerprint density at radius 1 is 0.682 bits per heavy atom. The lowest BCUT2D eigenvalue weighted by molar-refractivity contribution is 0.101. The Bertz CT molecular complexity index is 830. The first-order chi connectivity index (χ1) is 10.6. The molecule has 2 nitrogen and oxygen atoms in total. The van der Waals surface area contributed by atoms with Gasteiger partial charge in [0.25, 0.3) is 0 Å². The third kappa shape index (κ3) is 1.98. The largest absolute Gasteiger partial charge is 0.288 e. The maximum atomic E-state index is 12.6. The number of halogens is 2. The lowest BCUT2D eigenvalue weighted by atomic mass is 10.1. The van der Waals surface area contributed by atoms with Crippen molar-refractivity contribution < 1.29 is 9.59 Å². The summed E-state index contributed by atoms with van der Waals surface area (Å²) in [4.78, 5) is 27.5. The van der Waals surface area contributed by atoms with E-state index in [1.807, 2.05) is 0 Å². The van der Waals surface area contributed by atoms with Crippen molar-refractivity contribution in [3.8, 4) is 0 Å². The van der Waals surface area contributed by atoms with Crippen LogP contribution in [0.15, 0.2) is 56.0 Å². The van der Waals surface area contributed by atoms with Gasteiger partial charge in [-0.3, -0.25) is 9.59 Å². The normalized spacial score (nSPS) is 19.5. The van der Waals surface area contributed by atoms with Crippen molar-refractivity contribution in [2.24, 2.45) is 0 Å². The minimum atomic E-state index is -0.151.